The molecule has 0 unspecified atom stereocenters. The number of hydrogen-bond donors (Lipinski definition) is 1. The summed E-state index contributed by atoms with van der Waals surface area (Å²) in [5.74, 6) is 0. The third-order valence-corrected chi connectivity index (χ3v) is 6.19. The van der Waals surface area contributed by atoms with Crippen molar-refractivity contribution in [2.45, 2.75) is 68.9 Å². The molecule has 0 aliphatic carbocycles. The van der Waals surface area contributed by atoms with E-state index in [0.717, 1.165) is 38.5 Å². The van der Waals surface area contributed by atoms with Gasteiger partial charge >= 0.3 is 6.03 Å². The lowest BCUT2D eigenvalue weighted by Crippen LogP contribution is -2.52. The molecule has 4 bridgehead atoms. The third-order valence-electron chi connectivity index (χ3n) is 6.19. The molecule has 0 radical (unpaired) electrons. The number of urea groups is 1. The summed E-state index contributed by atoms with van der Waals surface area (Å²) in [6, 6.07) is 11.5. The van der Waals surface area contributed by atoms with Crippen LogP contribution in [0.15, 0.2) is 36.4 Å². The summed E-state index contributed by atoms with van der Waals surface area (Å²) >= 11 is 0. The zero-order valence-electron chi connectivity index (χ0n) is 13.9. The second-order valence-electron chi connectivity index (χ2n) is 7.63. The van der Waals surface area contributed by atoms with Crippen molar-refractivity contribution in [2.24, 2.45) is 0 Å². The number of amides is 2. The number of fused-ring (bicyclic) bond motifs is 4. The van der Waals surface area contributed by atoms with E-state index in [1.165, 1.54) is 11.1 Å². The minimum Gasteiger partial charge on any atom is -0.373 e. The predicted octanol–water partition coefficient (Wildman–Crippen LogP) is 3.34. The number of nitrogens with one attached hydrogen (secondary N) is 1. The Labute approximate surface area is 142 Å². The minimum atomic E-state index is 0.118. The van der Waals surface area contributed by atoms with Gasteiger partial charge < -0.3 is 15.0 Å². The molecule has 3 fully saturated rings. The van der Waals surface area contributed by atoms with Gasteiger partial charge in [0.05, 0.1) is 24.3 Å². The van der Waals surface area contributed by atoms with Crippen molar-refractivity contribution in [3.8, 4) is 0 Å². The maximum absolute atomic E-state index is 12.9. The first-order valence-electron chi connectivity index (χ1n) is 9.28. The monoisotopic (exact) mass is 324 g/mol. The van der Waals surface area contributed by atoms with E-state index in [2.05, 4.69) is 46.6 Å². The molecule has 0 aromatic heterocycles. The van der Waals surface area contributed by atoms with Crippen LogP contribution in [0.4, 0.5) is 4.79 Å². The molecule has 0 spiro atoms. The molecule has 0 saturated carbocycles. The highest BCUT2D eigenvalue weighted by Gasteiger charge is 2.44. The number of ether oxygens (including phenoxy) is 1. The van der Waals surface area contributed by atoms with Crippen LogP contribution in [0.1, 0.15) is 44.1 Å². The summed E-state index contributed by atoms with van der Waals surface area (Å²) in [7, 11) is 0. The van der Waals surface area contributed by atoms with Crippen LogP contribution in [-0.2, 0) is 4.74 Å². The molecule has 1 N–H and O–H groups in total. The SMILES string of the molecule is O=C(N[C@@H]1C[C@H]2CC[C@H]1O2)N1[C@@H]2CC[C@@H]1C=C(c1ccccc1)C2. The first kappa shape index (κ1) is 14.5. The van der Waals surface area contributed by atoms with Crippen molar-refractivity contribution in [3.63, 3.8) is 0 Å². The van der Waals surface area contributed by atoms with Gasteiger partial charge in [0, 0.05) is 6.04 Å². The van der Waals surface area contributed by atoms with E-state index in [0.29, 0.717) is 12.1 Å². The summed E-state index contributed by atoms with van der Waals surface area (Å²) < 4.78 is 5.87. The Balaban J connectivity index is 1.31. The molecule has 1 aromatic rings. The topological polar surface area (TPSA) is 41.6 Å². The highest BCUT2D eigenvalue weighted by atomic mass is 16.5. The van der Waals surface area contributed by atoms with Gasteiger partial charge in [0.15, 0.2) is 0 Å². The smallest absolute Gasteiger partial charge is 0.318 e. The molecular weight excluding hydrogens is 300 g/mol. The lowest BCUT2D eigenvalue weighted by Gasteiger charge is -2.35. The van der Waals surface area contributed by atoms with Gasteiger partial charge in [-0.3, -0.25) is 0 Å². The highest BCUT2D eigenvalue weighted by Crippen LogP contribution is 2.39. The third kappa shape index (κ3) is 2.35. The Morgan fingerprint density at radius 1 is 1.12 bits per heavy atom. The second kappa shape index (κ2) is 5.62. The van der Waals surface area contributed by atoms with Gasteiger partial charge in [-0.2, -0.15) is 0 Å². The lowest BCUT2D eigenvalue weighted by atomic mass is 9.94. The largest absolute Gasteiger partial charge is 0.373 e. The Hall–Kier alpha value is -1.81. The summed E-state index contributed by atoms with van der Waals surface area (Å²) in [6.07, 6.45) is 9.36. The van der Waals surface area contributed by atoms with E-state index in [4.69, 9.17) is 4.74 Å². The van der Waals surface area contributed by atoms with E-state index in [1.54, 1.807) is 0 Å². The van der Waals surface area contributed by atoms with Crippen LogP contribution in [0, 0.1) is 0 Å². The van der Waals surface area contributed by atoms with Crippen molar-refractivity contribution < 1.29 is 9.53 Å². The van der Waals surface area contributed by atoms with Crippen LogP contribution < -0.4 is 5.32 Å². The minimum absolute atomic E-state index is 0.118. The number of rotatable bonds is 2. The molecule has 126 valence electrons. The predicted molar refractivity (Wildman–Crippen MR) is 92.5 cm³/mol. The summed E-state index contributed by atoms with van der Waals surface area (Å²) in [4.78, 5) is 15.0. The molecule has 2 amide bonds. The number of hydrogen-bond acceptors (Lipinski definition) is 2. The van der Waals surface area contributed by atoms with E-state index in [9.17, 15) is 4.79 Å². The first-order valence-corrected chi connectivity index (χ1v) is 9.28. The van der Waals surface area contributed by atoms with Crippen LogP contribution in [0.2, 0.25) is 0 Å². The molecule has 24 heavy (non-hydrogen) atoms. The normalized spacial score (nSPS) is 36.8. The zero-order chi connectivity index (χ0) is 16.1. The summed E-state index contributed by atoms with van der Waals surface area (Å²) in [5.41, 5.74) is 2.70. The summed E-state index contributed by atoms with van der Waals surface area (Å²) in [5, 5.41) is 3.27. The van der Waals surface area contributed by atoms with Gasteiger partial charge in [-0.25, -0.2) is 4.79 Å². The van der Waals surface area contributed by atoms with Gasteiger partial charge in [0.25, 0.3) is 0 Å². The molecule has 4 heterocycles. The molecule has 1 aromatic carbocycles. The number of nitrogens with zero attached hydrogens (tertiary/aromatic N) is 1. The van der Waals surface area contributed by atoms with Crippen molar-refractivity contribution in [3.05, 3.63) is 42.0 Å². The Morgan fingerprint density at radius 2 is 2.00 bits per heavy atom. The average molecular weight is 324 g/mol. The van der Waals surface area contributed by atoms with Gasteiger partial charge in [-0.1, -0.05) is 36.4 Å². The number of carbonyl (C=O) groups is 1. The average Bonchev–Trinajstić information content (AvgIpc) is 3.29. The van der Waals surface area contributed by atoms with Crippen LogP contribution in [0.5, 0.6) is 0 Å². The van der Waals surface area contributed by atoms with Gasteiger partial charge in [0.2, 0.25) is 0 Å². The van der Waals surface area contributed by atoms with Crippen molar-refractivity contribution in [1.29, 1.82) is 0 Å². The molecule has 4 aliphatic rings. The van der Waals surface area contributed by atoms with E-state index in [1.807, 2.05) is 0 Å². The van der Waals surface area contributed by atoms with Crippen molar-refractivity contribution in [2.75, 3.05) is 0 Å². The fraction of sp³-hybridized carbons (Fsp3) is 0.550. The molecule has 4 aliphatic heterocycles. The fourth-order valence-electron chi connectivity index (χ4n) is 5.04. The molecule has 4 heteroatoms. The highest BCUT2D eigenvalue weighted by molar-refractivity contribution is 5.79. The van der Waals surface area contributed by atoms with Crippen molar-refractivity contribution in [1.82, 2.24) is 10.2 Å². The first-order chi connectivity index (χ1) is 11.8. The van der Waals surface area contributed by atoms with Crippen LogP contribution in [0.25, 0.3) is 5.57 Å². The Kier molecular flexibility index (Phi) is 3.40. The van der Waals surface area contributed by atoms with E-state index in [-0.39, 0.29) is 24.2 Å². The van der Waals surface area contributed by atoms with Crippen LogP contribution in [0.3, 0.4) is 0 Å². The van der Waals surface area contributed by atoms with Crippen LogP contribution >= 0.6 is 0 Å². The van der Waals surface area contributed by atoms with Crippen molar-refractivity contribution >= 4 is 11.6 Å². The standard InChI is InChI=1S/C20H24N2O2/c23-20(21-18-12-17-8-9-19(18)24-17)22-15-6-7-16(22)11-14(10-15)13-4-2-1-3-5-13/h1-5,10,15-19H,6-9,11-12H2,(H,21,23)/t15-,16-,17-,18-,19-/m1/s1. The Morgan fingerprint density at radius 3 is 2.71 bits per heavy atom. The number of carbonyl (C=O) groups excluding carboxylic acids is 1. The van der Waals surface area contributed by atoms with Gasteiger partial charge in [0.1, 0.15) is 0 Å². The molecule has 3 saturated heterocycles. The summed E-state index contributed by atoms with van der Waals surface area (Å²) in [6.45, 7) is 0. The molecule has 5 rings (SSSR count). The molecule has 4 nitrogen and oxygen atoms in total. The quantitative estimate of drug-likeness (QED) is 0.906. The van der Waals surface area contributed by atoms with E-state index >= 15 is 0 Å². The Bertz CT molecular complexity index is 671. The van der Waals surface area contributed by atoms with Gasteiger partial charge in [-0.05, 0) is 49.7 Å². The van der Waals surface area contributed by atoms with Crippen LogP contribution in [-0.4, -0.2) is 41.3 Å². The second-order valence-corrected chi connectivity index (χ2v) is 7.63. The van der Waals surface area contributed by atoms with E-state index < -0.39 is 0 Å². The lowest BCUT2D eigenvalue weighted by molar-refractivity contribution is 0.0963. The maximum Gasteiger partial charge on any atom is 0.318 e. The number of benzene rings is 1. The molecule has 5 atom stereocenters. The fourth-order valence-corrected chi connectivity index (χ4v) is 5.04. The zero-order valence-corrected chi connectivity index (χ0v) is 13.9. The maximum atomic E-state index is 12.9. The van der Waals surface area contributed by atoms with Gasteiger partial charge in [-0.15, -0.1) is 0 Å². The molecular formula is C20H24N2O2.